The van der Waals surface area contributed by atoms with Crippen molar-refractivity contribution >= 4 is 0 Å². The summed E-state index contributed by atoms with van der Waals surface area (Å²) in [7, 11) is 2.00. The van der Waals surface area contributed by atoms with E-state index in [1.54, 1.807) is 0 Å². The van der Waals surface area contributed by atoms with Crippen molar-refractivity contribution in [3.63, 3.8) is 0 Å². The van der Waals surface area contributed by atoms with Crippen LogP contribution in [0.1, 0.15) is 42.2 Å². The minimum atomic E-state index is -0.0131. The Morgan fingerprint density at radius 1 is 1.37 bits per heavy atom. The fourth-order valence-electron chi connectivity index (χ4n) is 2.21. The lowest BCUT2D eigenvalue weighted by molar-refractivity contribution is 0.608. The van der Waals surface area contributed by atoms with Crippen molar-refractivity contribution in [2.24, 2.45) is 12.8 Å². The van der Waals surface area contributed by atoms with E-state index in [0.717, 1.165) is 42.0 Å². The van der Waals surface area contributed by atoms with Gasteiger partial charge in [-0.25, -0.2) is 4.98 Å². The maximum absolute atomic E-state index is 6.30. The van der Waals surface area contributed by atoms with Crippen molar-refractivity contribution in [1.29, 1.82) is 0 Å². The predicted octanol–water partition coefficient (Wildman–Crippen LogP) is 1.71. The van der Waals surface area contributed by atoms with Crippen molar-refractivity contribution < 1.29 is 0 Å². The normalized spacial score (nSPS) is 12.6. The van der Waals surface area contributed by atoms with Crippen LogP contribution in [0.25, 0.3) is 0 Å². The Morgan fingerprint density at radius 2 is 2.16 bits per heavy atom. The van der Waals surface area contributed by atoms with Crippen LogP contribution >= 0.6 is 0 Å². The lowest BCUT2D eigenvalue weighted by atomic mass is 10.00. The summed E-state index contributed by atoms with van der Waals surface area (Å²) in [5.41, 5.74) is 9.33. The first-order valence-electron chi connectivity index (χ1n) is 6.66. The fourth-order valence-corrected chi connectivity index (χ4v) is 2.21. The van der Waals surface area contributed by atoms with Crippen LogP contribution in [0.2, 0.25) is 0 Å². The smallest absolute Gasteiger partial charge is 0.108 e. The van der Waals surface area contributed by atoms with Crippen molar-refractivity contribution in [2.75, 3.05) is 0 Å². The van der Waals surface area contributed by atoms with Crippen molar-refractivity contribution in [1.82, 2.24) is 19.7 Å². The van der Waals surface area contributed by atoms with Gasteiger partial charge in [0.1, 0.15) is 5.82 Å². The lowest BCUT2D eigenvalue weighted by Crippen LogP contribution is -2.16. The second kappa shape index (κ2) is 5.93. The van der Waals surface area contributed by atoms with Crippen LogP contribution in [0.5, 0.6) is 0 Å². The summed E-state index contributed by atoms with van der Waals surface area (Å²) in [6.45, 7) is 4.02. The number of rotatable bonds is 5. The summed E-state index contributed by atoms with van der Waals surface area (Å²) < 4.78 is 2.03. The highest BCUT2D eigenvalue weighted by molar-refractivity contribution is 5.24. The van der Waals surface area contributed by atoms with Gasteiger partial charge in [-0.1, -0.05) is 6.92 Å². The quantitative estimate of drug-likeness (QED) is 0.887. The van der Waals surface area contributed by atoms with E-state index in [0.29, 0.717) is 0 Å². The molecule has 1 unspecified atom stereocenters. The number of hydrogen-bond donors (Lipinski definition) is 1. The molecule has 2 rings (SSSR count). The van der Waals surface area contributed by atoms with Crippen LogP contribution in [-0.4, -0.2) is 19.7 Å². The van der Waals surface area contributed by atoms with Crippen LogP contribution in [0.3, 0.4) is 0 Å². The van der Waals surface area contributed by atoms with Crippen molar-refractivity contribution in [2.45, 2.75) is 39.2 Å². The minimum Gasteiger partial charge on any atom is -0.338 e. The van der Waals surface area contributed by atoms with Gasteiger partial charge in [-0.15, -0.1) is 0 Å². The van der Waals surface area contributed by atoms with Crippen LogP contribution in [0.4, 0.5) is 0 Å². The highest BCUT2D eigenvalue weighted by Crippen LogP contribution is 2.19. The molecule has 2 N–H and O–H groups in total. The van der Waals surface area contributed by atoms with E-state index in [4.69, 9.17) is 5.73 Å². The van der Waals surface area contributed by atoms with E-state index >= 15 is 0 Å². The summed E-state index contributed by atoms with van der Waals surface area (Å²) in [5.74, 6) is 1.06. The SMILES string of the molecule is CCc1nnc(C)cc1C(N)CCc1nccn1C. The minimum absolute atomic E-state index is 0.0131. The molecule has 2 aromatic heterocycles. The Kier molecular flexibility index (Phi) is 4.27. The number of nitrogens with zero attached hydrogens (tertiary/aromatic N) is 4. The zero-order chi connectivity index (χ0) is 13.8. The third-order valence-corrected chi connectivity index (χ3v) is 3.36. The van der Waals surface area contributed by atoms with Gasteiger partial charge in [0.2, 0.25) is 0 Å². The Bertz CT molecular complexity index is 547. The predicted molar refractivity (Wildman–Crippen MR) is 74.6 cm³/mol. The molecule has 0 aliphatic heterocycles. The second-order valence-corrected chi connectivity index (χ2v) is 4.84. The lowest BCUT2D eigenvalue weighted by Gasteiger charge is -2.15. The number of aryl methyl sites for hydroxylation is 4. The van der Waals surface area contributed by atoms with E-state index < -0.39 is 0 Å². The highest BCUT2D eigenvalue weighted by atomic mass is 15.1. The molecule has 0 saturated heterocycles. The Hall–Kier alpha value is -1.75. The summed E-state index contributed by atoms with van der Waals surface area (Å²) in [5, 5.41) is 8.32. The first kappa shape index (κ1) is 13.7. The van der Waals surface area contributed by atoms with Gasteiger partial charge in [-0.2, -0.15) is 10.2 Å². The maximum atomic E-state index is 6.30. The molecule has 5 nitrogen and oxygen atoms in total. The van der Waals surface area contributed by atoms with Gasteiger partial charge in [-0.05, 0) is 31.4 Å². The molecule has 19 heavy (non-hydrogen) atoms. The van der Waals surface area contributed by atoms with Crippen LogP contribution in [0.15, 0.2) is 18.5 Å². The van der Waals surface area contributed by atoms with Crippen LogP contribution < -0.4 is 5.73 Å². The average molecular weight is 259 g/mol. The molecule has 102 valence electrons. The molecule has 2 aromatic rings. The maximum Gasteiger partial charge on any atom is 0.108 e. The number of nitrogens with two attached hydrogens (primary N) is 1. The molecule has 0 amide bonds. The summed E-state index contributed by atoms with van der Waals surface area (Å²) >= 11 is 0. The molecule has 0 saturated carbocycles. The molecule has 0 aliphatic carbocycles. The summed E-state index contributed by atoms with van der Waals surface area (Å²) in [6, 6.07) is 2.04. The van der Waals surface area contributed by atoms with Crippen LogP contribution in [-0.2, 0) is 19.9 Å². The van der Waals surface area contributed by atoms with Gasteiger partial charge in [0, 0.05) is 31.9 Å². The van der Waals surface area contributed by atoms with Gasteiger partial charge in [0.15, 0.2) is 0 Å². The number of hydrogen-bond acceptors (Lipinski definition) is 4. The van der Waals surface area contributed by atoms with E-state index in [9.17, 15) is 0 Å². The monoisotopic (exact) mass is 259 g/mol. The van der Waals surface area contributed by atoms with Crippen molar-refractivity contribution in [3.8, 4) is 0 Å². The molecular formula is C14H21N5. The molecule has 0 fully saturated rings. The third-order valence-electron chi connectivity index (χ3n) is 3.36. The van der Waals surface area contributed by atoms with Gasteiger partial charge < -0.3 is 10.3 Å². The number of aromatic nitrogens is 4. The van der Waals surface area contributed by atoms with Crippen molar-refractivity contribution in [3.05, 3.63) is 41.2 Å². The first-order valence-corrected chi connectivity index (χ1v) is 6.66. The molecule has 2 heterocycles. The summed E-state index contributed by atoms with van der Waals surface area (Å²) in [6.07, 6.45) is 6.36. The zero-order valence-corrected chi connectivity index (χ0v) is 11.8. The molecular weight excluding hydrogens is 238 g/mol. The topological polar surface area (TPSA) is 69.6 Å². The zero-order valence-electron chi connectivity index (χ0n) is 11.8. The largest absolute Gasteiger partial charge is 0.338 e. The molecule has 0 bridgehead atoms. The molecule has 0 radical (unpaired) electrons. The third kappa shape index (κ3) is 3.17. The molecule has 0 spiro atoms. The van der Waals surface area contributed by atoms with Gasteiger partial charge in [0.25, 0.3) is 0 Å². The first-order chi connectivity index (χ1) is 9.11. The second-order valence-electron chi connectivity index (χ2n) is 4.84. The average Bonchev–Trinajstić information content (AvgIpc) is 2.81. The Labute approximate surface area is 113 Å². The highest BCUT2D eigenvalue weighted by Gasteiger charge is 2.13. The Morgan fingerprint density at radius 3 is 2.79 bits per heavy atom. The van der Waals surface area contributed by atoms with E-state index in [-0.39, 0.29) is 6.04 Å². The van der Waals surface area contributed by atoms with E-state index in [2.05, 4.69) is 28.2 Å². The van der Waals surface area contributed by atoms with Gasteiger partial charge in [0.05, 0.1) is 11.4 Å². The van der Waals surface area contributed by atoms with E-state index in [1.165, 1.54) is 0 Å². The van der Waals surface area contributed by atoms with E-state index in [1.807, 2.05) is 30.9 Å². The standard InChI is InChI=1S/C14H21N5/c1-4-13-11(9-10(2)17-18-13)12(15)5-6-14-16-7-8-19(14)3/h7-9,12H,4-6,15H2,1-3H3. The summed E-state index contributed by atoms with van der Waals surface area (Å²) in [4.78, 5) is 4.32. The number of imidazole rings is 1. The molecule has 0 aliphatic rings. The molecule has 5 heteroatoms. The van der Waals surface area contributed by atoms with Gasteiger partial charge in [-0.3, -0.25) is 0 Å². The Balaban J connectivity index is 2.09. The van der Waals surface area contributed by atoms with Gasteiger partial charge >= 0.3 is 0 Å². The van der Waals surface area contributed by atoms with Crippen LogP contribution in [0, 0.1) is 6.92 Å². The molecule has 1 atom stereocenters. The molecule has 0 aromatic carbocycles. The fraction of sp³-hybridized carbons (Fsp3) is 0.500.